The maximum atomic E-state index is 12.1. The number of likely N-dealkylation sites (tertiary alicyclic amines) is 1. The Labute approximate surface area is 133 Å². The number of carbonyl (C=O) groups excluding carboxylic acids is 1. The minimum Gasteiger partial charge on any atom is -0.342 e. The highest BCUT2D eigenvalue weighted by Gasteiger charge is 2.25. The number of piperidine rings is 1. The van der Waals surface area contributed by atoms with Gasteiger partial charge in [-0.2, -0.15) is 0 Å². The van der Waals surface area contributed by atoms with Crippen molar-refractivity contribution in [2.45, 2.75) is 31.0 Å². The maximum absolute atomic E-state index is 12.1. The van der Waals surface area contributed by atoms with Gasteiger partial charge in [-0.3, -0.25) is 4.79 Å². The van der Waals surface area contributed by atoms with Crippen LogP contribution in [0.3, 0.4) is 0 Å². The fourth-order valence-electron chi connectivity index (χ4n) is 2.14. The first-order valence-electron chi connectivity index (χ1n) is 6.84. The van der Waals surface area contributed by atoms with Crippen LogP contribution in [0.5, 0.6) is 0 Å². The summed E-state index contributed by atoms with van der Waals surface area (Å²) in [5.74, 6) is 1.02. The van der Waals surface area contributed by atoms with Crippen molar-refractivity contribution in [2.75, 3.05) is 18.8 Å². The number of nitrogens with one attached hydrogen (secondary N) is 2. The molecule has 0 saturated carbocycles. The Morgan fingerprint density at radius 3 is 2.73 bits per heavy atom. The zero-order valence-corrected chi connectivity index (χ0v) is 13.9. The number of sulfonamides is 1. The zero-order chi connectivity index (χ0) is 16.2. The van der Waals surface area contributed by atoms with Gasteiger partial charge < -0.3 is 9.88 Å². The molecule has 2 N–H and O–H groups in total. The van der Waals surface area contributed by atoms with Gasteiger partial charge in [-0.25, -0.2) is 13.1 Å². The van der Waals surface area contributed by atoms with Crippen LogP contribution in [0, 0.1) is 6.92 Å². The fraction of sp³-hybridized carbons (Fsp3) is 0.583. The van der Waals surface area contributed by atoms with Crippen LogP contribution in [-0.2, 0) is 14.8 Å². The average molecular weight is 345 g/mol. The van der Waals surface area contributed by atoms with Crippen LogP contribution >= 0.6 is 11.8 Å². The number of hydrogen-bond acceptors (Lipinski definition) is 6. The zero-order valence-electron chi connectivity index (χ0n) is 12.3. The van der Waals surface area contributed by atoms with E-state index < -0.39 is 10.0 Å². The molecule has 0 aliphatic carbocycles. The van der Waals surface area contributed by atoms with Crippen molar-refractivity contribution in [3.63, 3.8) is 0 Å². The number of amides is 1. The van der Waals surface area contributed by atoms with Gasteiger partial charge in [-0.1, -0.05) is 18.3 Å². The van der Waals surface area contributed by atoms with Crippen molar-refractivity contribution in [3.8, 4) is 0 Å². The molecule has 0 radical (unpaired) electrons. The lowest BCUT2D eigenvalue weighted by molar-refractivity contribution is -0.129. The summed E-state index contributed by atoms with van der Waals surface area (Å²) in [5.41, 5.74) is 0. The molecule has 1 aromatic heterocycles. The Bertz CT molecular complexity index is 635. The van der Waals surface area contributed by atoms with Crippen molar-refractivity contribution in [3.05, 3.63) is 17.8 Å². The number of carbonyl (C=O) groups is 1. The van der Waals surface area contributed by atoms with Gasteiger partial charge >= 0.3 is 0 Å². The van der Waals surface area contributed by atoms with Gasteiger partial charge in [0.1, 0.15) is 5.82 Å². The molecule has 122 valence electrons. The van der Waals surface area contributed by atoms with Gasteiger partial charge in [0, 0.05) is 24.5 Å². The molecule has 1 saturated heterocycles. The van der Waals surface area contributed by atoms with E-state index in [0.717, 1.165) is 5.41 Å². The summed E-state index contributed by atoms with van der Waals surface area (Å²) in [4.78, 5) is 16.8. The second-order valence-electron chi connectivity index (χ2n) is 4.99. The average Bonchev–Trinajstić information content (AvgIpc) is 2.91. The lowest BCUT2D eigenvalue weighted by Gasteiger charge is -2.31. The van der Waals surface area contributed by atoms with Gasteiger partial charge in [0.2, 0.25) is 15.9 Å². The van der Waals surface area contributed by atoms with E-state index in [1.54, 1.807) is 11.8 Å². The van der Waals surface area contributed by atoms with E-state index in [9.17, 15) is 13.2 Å². The number of hydrogen-bond donors (Lipinski definition) is 2. The van der Waals surface area contributed by atoms with E-state index in [-0.39, 0.29) is 17.7 Å². The van der Waals surface area contributed by atoms with Crippen molar-refractivity contribution in [2.24, 2.45) is 0 Å². The topological polar surface area (TPSA) is 108 Å². The van der Waals surface area contributed by atoms with Gasteiger partial charge in [-0.05, 0) is 19.8 Å². The predicted molar refractivity (Wildman–Crippen MR) is 83.7 cm³/mol. The second kappa shape index (κ2) is 7.25. The van der Waals surface area contributed by atoms with Crippen molar-refractivity contribution >= 4 is 27.7 Å². The number of rotatable bonds is 6. The smallest absolute Gasteiger partial charge is 0.233 e. The molecular weight excluding hydrogens is 326 g/mol. The SMILES string of the molecule is C=CS(=O)(=O)NC1CCN(C(=O)CSc2nnc(C)[nH]2)CC1. The highest BCUT2D eigenvalue weighted by atomic mass is 32.2. The molecule has 8 nitrogen and oxygen atoms in total. The number of aromatic amines is 1. The molecule has 1 aliphatic rings. The predicted octanol–water partition coefficient (Wildman–Crippen LogP) is 0.259. The standard InChI is InChI=1S/C12H19N5O3S2/c1-3-22(19,20)16-10-4-6-17(7-5-10)11(18)8-21-12-13-9(2)14-15-12/h3,10,16H,1,4-8H2,2H3,(H,13,14,15). The molecule has 0 unspecified atom stereocenters. The summed E-state index contributed by atoms with van der Waals surface area (Å²) >= 11 is 1.31. The third kappa shape index (κ3) is 4.82. The van der Waals surface area contributed by atoms with E-state index in [0.29, 0.717) is 36.9 Å². The monoisotopic (exact) mass is 345 g/mol. The van der Waals surface area contributed by atoms with E-state index in [4.69, 9.17) is 0 Å². The molecule has 1 amide bonds. The molecule has 10 heteroatoms. The number of aromatic nitrogens is 3. The largest absolute Gasteiger partial charge is 0.342 e. The van der Waals surface area contributed by atoms with Crippen LogP contribution in [0.2, 0.25) is 0 Å². The Morgan fingerprint density at radius 1 is 1.50 bits per heavy atom. The lowest BCUT2D eigenvalue weighted by atomic mass is 10.1. The lowest BCUT2D eigenvalue weighted by Crippen LogP contribution is -2.46. The van der Waals surface area contributed by atoms with Crippen LogP contribution in [0.25, 0.3) is 0 Å². The molecule has 0 spiro atoms. The second-order valence-corrected chi connectivity index (χ2v) is 7.61. The summed E-state index contributed by atoms with van der Waals surface area (Å²) < 4.78 is 25.4. The van der Waals surface area contributed by atoms with Gasteiger partial charge in [0.05, 0.1) is 5.75 Å². The molecule has 0 atom stereocenters. The minimum atomic E-state index is -3.41. The first-order valence-corrected chi connectivity index (χ1v) is 9.37. The van der Waals surface area contributed by atoms with Crippen LogP contribution in [-0.4, -0.2) is 59.3 Å². The van der Waals surface area contributed by atoms with E-state index in [2.05, 4.69) is 26.5 Å². The minimum absolute atomic E-state index is 0.0177. The molecule has 1 aromatic rings. The fourth-order valence-corrected chi connectivity index (χ4v) is 3.70. The Morgan fingerprint density at radius 2 is 2.18 bits per heavy atom. The van der Waals surface area contributed by atoms with E-state index in [1.165, 1.54) is 11.8 Å². The van der Waals surface area contributed by atoms with Crippen molar-refractivity contribution in [1.29, 1.82) is 0 Å². The maximum Gasteiger partial charge on any atom is 0.233 e. The number of H-pyrrole nitrogens is 1. The third-order valence-electron chi connectivity index (χ3n) is 3.31. The van der Waals surface area contributed by atoms with Gasteiger partial charge in [-0.15, -0.1) is 10.2 Å². The van der Waals surface area contributed by atoms with Gasteiger partial charge in [0.15, 0.2) is 5.16 Å². The van der Waals surface area contributed by atoms with Crippen LogP contribution in [0.1, 0.15) is 18.7 Å². The molecule has 0 aromatic carbocycles. The molecule has 22 heavy (non-hydrogen) atoms. The molecular formula is C12H19N5O3S2. The first kappa shape index (κ1) is 17.0. The number of nitrogens with zero attached hydrogens (tertiary/aromatic N) is 3. The molecule has 0 bridgehead atoms. The van der Waals surface area contributed by atoms with Gasteiger partial charge in [0.25, 0.3) is 0 Å². The highest BCUT2D eigenvalue weighted by molar-refractivity contribution is 7.99. The third-order valence-corrected chi connectivity index (χ3v) is 5.26. The Hall–Kier alpha value is -1.39. The van der Waals surface area contributed by atoms with Crippen LogP contribution in [0.15, 0.2) is 17.1 Å². The molecule has 2 rings (SSSR count). The number of aryl methyl sites for hydroxylation is 1. The summed E-state index contributed by atoms with van der Waals surface area (Å²) in [6, 6.07) is -0.142. The van der Waals surface area contributed by atoms with Crippen molar-refractivity contribution < 1.29 is 13.2 Å². The molecule has 1 fully saturated rings. The number of thioether (sulfide) groups is 1. The normalized spacial score (nSPS) is 16.7. The highest BCUT2D eigenvalue weighted by Crippen LogP contribution is 2.16. The Kier molecular flexibility index (Phi) is 5.59. The van der Waals surface area contributed by atoms with Crippen LogP contribution < -0.4 is 4.72 Å². The Balaban J connectivity index is 1.76. The first-order chi connectivity index (χ1) is 10.4. The summed E-state index contributed by atoms with van der Waals surface area (Å²) in [7, 11) is -3.41. The molecule has 1 aliphatic heterocycles. The summed E-state index contributed by atoms with van der Waals surface area (Å²) in [6.07, 6.45) is 1.20. The van der Waals surface area contributed by atoms with Crippen molar-refractivity contribution in [1.82, 2.24) is 24.8 Å². The van der Waals surface area contributed by atoms with E-state index in [1.807, 2.05) is 0 Å². The summed E-state index contributed by atoms with van der Waals surface area (Å²) in [6.45, 7) is 6.15. The molecule has 2 heterocycles. The summed E-state index contributed by atoms with van der Waals surface area (Å²) in [5, 5.41) is 9.26. The van der Waals surface area contributed by atoms with Crippen LogP contribution in [0.4, 0.5) is 0 Å². The van der Waals surface area contributed by atoms with E-state index >= 15 is 0 Å². The quantitative estimate of drug-likeness (QED) is 0.716.